The zero-order chi connectivity index (χ0) is 14.0. The van der Waals surface area contributed by atoms with Crippen molar-refractivity contribution in [2.45, 2.75) is 45.3 Å². The minimum atomic E-state index is 0.375. The van der Waals surface area contributed by atoms with Crippen molar-refractivity contribution in [3.05, 3.63) is 34.9 Å². The van der Waals surface area contributed by atoms with Gasteiger partial charge in [-0.05, 0) is 50.9 Å². The van der Waals surface area contributed by atoms with E-state index in [9.17, 15) is 0 Å². The Morgan fingerprint density at radius 1 is 1.26 bits per heavy atom. The smallest absolute Gasteiger partial charge is 0.0406 e. The van der Waals surface area contributed by atoms with E-state index in [1.165, 1.54) is 18.5 Å². The van der Waals surface area contributed by atoms with E-state index in [0.717, 1.165) is 5.02 Å². The topological polar surface area (TPSA) is 15.3 Å². The highest BCUT2D eigenvalue weighted by molar-refractivity contribution is 6.30. The van der Waals surface area contributed by atoms with E-state index in [1.54, 1.807) is 0 Å². The van der Waals surface area contributed by atoms with Gasteiger partial charge in [0.15, 0.2) is 0 Å². The first kappa shape index (κ1) is 14.8. The van der Waals surface area contributed by atoms with E-state index in [2.05, 4.69) is 50.2 Å². The molecular weight excluding hydrogens is 256 g/mol. The van der Waals surface area contributed by atoms with Crippen molar-refractivity contribution in [1.29, 1.82) is 0 Å². The zero-order valence-electron chi connectivity index (χ0n) is 12.4. The van der Waals surface area contributed by atoms with E-state index in [4.69, 9.17) is 11.6 Å². The first-order valence-electron chi connectivity index (χ1n) is 7.19. The van der Waals surface area contributed by atoms with E-state index >= 15 is 0 Å². The number of halogens is 1. The number of nitrogens with zero attached hydrogens (tertiary/aromatic N) is 1. The molecule has 2 nitrogen and oxygen atoms in total. The number of likely N-dealkylation sites (tertiary alicyclic amines) is 1. The van der Waals surface area contributed by atoms with Crippen LogP contribution in [-0.2, 0) is 0 Å². The molecule has 1 N–H and O–H groups in total. The van der Waals surface area contributed by atoms with E-state index in [-0.39, 0.29) is 0 Å². The molecule has 0 radical (unpaired) electrons. The zero-order valence-corrected chi connectivity index (χ0v) is 13.1. The summed E-state index contributed by atoms with van der Waals surface area (Å²) in [4.78, 5) is 2.45. The van der Waals surface area contributed by atoms with Gasteiger partial charge in [0.05, 0.1) is 0 Å². The second-order valence-electron chi connectivity index (χ2n) is 6.05. The highest BCUT2D eigenvalue weighted by Crippen LogP contribution is 2.24. The molecule has 1 aliphatic rings. The molecule has 1 aliphatic heterocycles. The van der Waals surface area contributed by atoms with Gasteiger partial charge in [0.25, 0.3) is 0 Å². The Bertz CT molecular complexity index is 404. The van der Waals surface area contributed by atoms with Gasteiger partial charge in [0.1, 0.15) is 0 Å². The normalized spacial score (nSPS) is 30.3. The molecule has 19 heavy (non-hydrogen) atoms. The molecule has 106 valence electrons. The summed E-state index contributed by atoms with van der Waals surface area (Å²) < 4.78 is 0. The molecule has 1 aromatic carbocycles. The predicted molar refractivity (Wildman–Crippen MR) is 82.7 cm³/mol. The van der Waals surface area contributed by atoms with Crippen molar-refractivity contribution in [3.63, 3.8) is 0 Å². The highest BCUT2D eigenvalue weighted by Gasteiger charge is 2.29. The molecule has 0 bridgehead atoms. The lowest BCUT2D eigenvalue weighted by atomic mass is 9.89. The number of hydrogen-bond acceptors (Lipinski definition) is 2. The molecule has 1 heterocycles. The van der Waals surface area contributed by atoms with Crippen molar-refractivity contribution < 1.29 is 0 Å². The van der Waals surface area contributed by atoms with Gasteiger partial charge >= 0.3 is 0 Å². The van der Waals surface area contributed by atoms with Crippen LogP contribution in [0.15, 0.2) is 24.3 Å². The molecule has 3 unspecified atom stereocenters. The summed E-state index contributed by atoms with van der Waals surface area (Å²) in [5.41, 5.74) is 1.31. The first-order chi connectivity index (χ1) is 8.97. The van der Waals surface area contributed by atoms with Crippen LogP contribution in [0.2, 0.25) is 5.02 Å². The Hall–Kier alpha value is -0.570. The van der Waals surface area contributed by atoms with Gasteiger partial charge in [0, 0.05) is 29.7 Å². The summed E-state index contributed by atoms with van der Waals surface area (Å²) in [6.07, 6.45) is 1.22. The molecule has 4 atom stereocenters. The summed E-state index contributed by atoms with van der Waals surface area (Å²) in [5.74, 6) is 0.691. The van der Waals surface area contributed by atoms with Gasteiger partial charge in [-0.3, -0.25) is 0 Å². The number of hydrogen-bond donors (Lipinski definition) is 1. The van der Waals surface area contributed by atoms with Crippen LogP contribution in [-0.4, -0.2) is 30.6 Å². The summed E-state index contributed by atoms with van der Waals surface area (Å²) in [6, 6.07) is 9.79. The van der Waals surface area contributed by atoms with Crippen LogP contribution in [0, 0.1) is 5.92 Å². The number of benzene rings is 1. The molecule has 0 spiro atoms. The minimum Gasteiger partial charge on any atom is -0.307 e. The van der Waals surface area contributed by atoms with Crippen molar-refractivity contribution in [2.75, 3.05) is 13.6 Å². The molecule has 1 saturated heterocycles. The second-order valence-corrected chi connectivity index (χ2v) is 6.48. The van der Waals surface area contributed by atoms with Crippen molar-refractivity contribution in [2.24, 2.45) is 5.92 Å². The number of rotatable bonds is 3. The molecule has 3 heteroatoms. The van der Waals surface area contributed by atoms with Crippen LogP contribution < -0.4 is 5.32 Å². The van der Waals surface area contributed by atoms with Crippen LogP contribution in [0.25, 0.3) is 0 Å². The second kappa shape index (κ2) is 6.25. The largest absolute Gasteiger partial charge is 0.307 e. The fourth-order valence-corrected chi connectivity index (χ4v) is 3.07. The lowest BCUT2D eigenvalue weighted by Crippen LogP contribution is -2.51. The summed E-state index contributed by atoms with van der Waals surface area (Å²) in [7, 11) is 2.22. The van der Waals surface area contributed by atoms with Crippen LogP contribution in [0.5, 0.6) is 0 Å². The third-order valence-electron chi connectivity index (χ3n) is 4.44. The Morgan fingerprint density at radius 2 is 1.89 bits per heavy atom. The first-order valence-corrected chi connectivity index (χ1v) is 7.57. The maximum Gasteiger partial charge on any atom is 0.0406 e. The van der Waals surface area contributed by atoms with Gasteiger partial charge in [-0.15, -0.1) is 0 Å². The van der Waals surface area contributed by atoms with Crippen molar-refractivity contribution in [1.82, 2.24) is 10.2 Å². The Morgan fingerprint density at radius 3 is 2.53 bits per heavy atom. The minimum absolute atomic E-state index is 0.375. The lowest BCUT2D eigenvalue weighted by molar-refractivity contribution is 0.116. The van der Waals surface area contributed by atoms with Crippen LogP contribution >= 0.6 is 11.6 Å². The van der Waals surface area contributed by atoms with Gasteiger partial charge in [-0.2, -0.15) is 0 Å². The third kappa shape index (κ3) is 3.71. The Balaban J connectivity index is 1.98. The Kier molecular flexibility index (Phi) is 4.88. The molecule has 0 aromatic heterocycles. The fraction of sp³-hybridized carbons (Fsp3) is 0.625. The van der Waals surface area contributed by atoms with Crippen molar-refractivity contribution in [3.8, 4) is 0 Å². The summed E-state index contributed by atoms with van der Waals surface area (Å²) >= 11 is 5.94. The molecule has 0 aliphatic carbocycles. The van der Waals surface area contributed by atoms with E-state index < -0.39 is 0 Å². The number of nitrogens with one attached hydrogen (secondary N) is 1. The Labute approximate surface area is 122 Å². The standard InChI is InChI=1S/C16H25ClN2/c1-11-10-19(4)12(2)9-16(11)18-13(3)14-5-7-15(17)8-6-14/h5-8,11-13,16,18H,9-10H2,1-4H3/t11?,12?,13-,16?/m0/s1. The molecule has 0 amide bonds. The maximum absolute atomic E-state index is 5.94. The van der Waals surface area contributed by atoms with Gasteiger partial charge < -0.3 is 10.2 Å². The van der Waals surface area contributed by atoms with E-state index in [0.29, 0.717) is 24.0 Å². The average Bonchev–Trinajstić information content (AvgIpc) is 2.36. The summed E-state index contributed by atoms with van der Waals surface area (Å²) in [6.45, 7) is 8.06. The quantitative estimate of drug-likeness (QED) is 0.908. The fourth-order valence-electron chi connectivity index (χ4n) is 2.94. The maximum atomic E-state index is 5.94. The monoisotopic (exact) mass is 280 g/mol. The van der Waals surface area contributed by atoms with Gasteiger partial charge in [-0.1, -0.05) is 30.7 Å². The average molecular weight is 281 g/mol. The highest BCUT2D eigenvalue weighted by atomic mass is 35.5. The molecule has 2 rings (SSSR count). The molecule has 1 aromatic rings. The van der Waals surface area contributed by atoms with E-state index in [1.807, 2.05) is 12.1 Å². The molecule has 0 saturated carbocycles. The lowest BCUT2D eigenvalue weighted by Gasteiger charge is -2.41. The van der Waals surface area contributed by atoms with Crippen LogP contribution in [0.3, 0.4) is 0 Å². The van der Waals surface area contributed by atoms with Crippen LogP contribution in [0.4, 0.5) is 0 Å². The van der Waals surface area contributed by atoms with Crippen LogP contribution in [0.1, 0.15) is 38.8 Å². The molecular formula is C16H25ClN2. The van der Waals surface area contributed by atoms with Gasteiger partial charge in [0.2, 0.25) is 0 Å². The molecule has 1 fully saturated rings. The predicted octanol–water partition coefficient (Wildman–Crippen LogP) is 3.72. The number of piperidine rings is 1. The SMILES string of the molecule is CC1CN(C)C(C)CC1N[C@@H](C)c1ccc(Cl)cc1. The van der Waals surface area contributed by atoms with Gasteiger partial charge in [-0.25, -0.2) is 0 Å². The van der Waals surface area contributed by atoms with Crippen molar-refractivity contribution >= 4 is 11.6 Å². The summed E-state index contributed by atoms with van der Waals surface area (Å²) in [5, 5.41) is 4.59. The third-order valence-corrected chi connectivity index (χ3v) is 4.70.